The third kappa shape index (κ3) is 5.14. The molecule has 0 radical (unpaired) electrons. The number of rotatable bonds is 7. The highest BCUT2D eigenvalue weighted by Crippen LogP contribution is 2.36. The summed E-state index contributed by atoms with van der Waals surface area (Å²) in [4.78, 5) is 44.3. The highest BCUT2D eigenvalue weighted by molar-refractivity contribution is 5.93. The highest BCUT2D eigenvalue weighted by atomic mass is 16.5. The van der Waals surface area contributed by atoms with Gasteiger partial charge in [0.1, 0.15) is 18.0 Å². The highest BCUT2D eigenvalue weighted by Gasteiger charge is 2.52. The Labute approximate surface area is 244 Å². The van der Waals surface area contributed by atoms with E-state index in [0.717, 1.165) is 33.2 Å². The molecule has 9 nitrogen and oxygen atoms in total. The number of carbonyl (C=O) groups is 3. The number of nitrogens with one attached hydrogen (secondary N) is 1. The van der Waals surface area contributed by atoms with Gasteiger partial charge in [-0.1, -0.05) is 84.9 Å². The van der Waals surface area contributed by atoms with Crippen LogP contribution >= 0.6 is 0 Å². The van der Waals surface area contributed by atoms with Crippen molar-refractivity contribution in [2.45, 2.75) is 25.3 Å². The molecule has 1 N–H and O–H groups in total. The third-order valence-corrected chi connectivity index (χ3v) is 8.10. The first-order chi connectivity index (χ1) is 20.4. The number of hydrogen-bond acceptors (Lipinski definition) is 5. The monoisotopic (exact) mass is 563 g/mol. The van der Waals surface area contributed by atoms with Crippen molar-refractivity contribution < 1.29 is 19.1 Å². The number of hydrogen-bond donors (Lipinski definition) is 1. The summed E-state index contributed by atoms with van der Waals surface area (Å²) in [7, 11) is 3.26. The molecular formula is C33H33N5O4. The molecular weight excluding hydrogens is 530 g/mol. The largest absolute Gasteiger partial charge is 0.497 e. The van der Waals surface area contributed by atoms with Crippen molar-refractivity contribution in [1.29, 1.82) is 0 Å². The molecule has 0 unspecified atom stereocenters. The predicted octanol–water partition coefficient (Wildman–Crippen LogP) is 4.16. The molecule has 4 amide bonds. The zero-order chi connectivity index (χ0) is 29.2. The van der Waals surface area contributed by atoms with Crippen LogP contribution in [-0.2, 0) is 22.7 Å². The second-order valence-corrected chi connectivity index (χ2v) is 10.6. The van der Waals surface area contributed by atoms with Crippen LogP contribution in [0.2, 0.25) is 0 Å². The number of carbonyl (C=O) groups excluding carboxylic acids is 3. The first-order valence-corrected chi connectivity index (χ1v) is 14.0. The number of methoxy groups -OCH3 is 1. The standard InChI is InChI=1S/C33H33N5O4/c1-35(33(41)34-19-23-15-17-27(42-2)18-16-23)37-22-30(39)38-29(37)21-36(32(40)31(38)25-10-4-3-5-11-25)20-26-13-8-12-24-9-6-7-14-28(24)26/h3-18,29,31H,19-22H2,1-2H3,(H,34,41)/t29-,31+/m1/s1. The van der Waals surface area contributed by atoms with Crippen molar-refractivity contribution >= 4 is 28.6 Å². The lowest BCUT2D eigenvalue weighted by Crippen LogP contribution is -2.62. The van der Waals surface area contributed by atoms with Gasteiger partial charge in [-0.3, -0.25) is 14.6 Å². The van der Waals surface area contributed by atoms with Crippen molar-refractivity contribution in [2.75, 3.05) is 27.2 Å². The van der Waals surface area contributed by atoms with Crippen LogP contribution in [0.3, 0.4) is 0 Å². The number of piperazine rings is 1. The Balaban J connectivity index is 1.27. The maximum Gasteiger partial charge on any atom is 0.332 e. The minimum Gasteiger partial charge on any atom is -0.497 e. The Bertz CT molecular complexity index is 1600. The number of ether oxygens (including phenoxy) is 1. The quantitative estimate of drug-likeness (QED) is 0.365. The van der Waals surface area contributed by atoms with Gasteiger partial charge in [-0.05, 0) is 39.6 Å². The van der Waals surface area contributed by atoms with Crippen molar-refractivity contribution in [1.82, 2.24) is 25.1 Å². The Hall–Kier alpha value is -4.89. The van der Waals surface area contributed by atoms with Crippen molar-refractivity contribution in [3.63, 3.8) is 0 Å². The van der Waals surface area contributed by atoms with E-state index < -0.39 is 12.2 Å². The molecule has 2 atom stereocenters. The van der Waals surface area contributed by atoms with Crippen molar-refractivity contribution in [3.05, 3.63) is 114 Å². The second kappa shape index (κ2) is 11.5. The number of hydrazine groups is 1. The molecule has 0 aliphatic carbocycles. The molecule has 2 fully saturated rings. The van der Waals surface area contributed by atoms with Gasteiger partial charge in [0.05, 0.1) is 20.2 Å². The number of fused-ring (bicyclic) bond motifs is 2. The molecule has 2 saturated heterocycles. The summed E-state index contributed by atoms with van der Waals surface area (Å²) in [5.74, 6) is 0.416. The molecule has 0 spiro atoms. The summed E-state index contributed by atoms with van der Waals surface area (Å²) in [6.45, 7) is 0.980. The molecule has 0 bridgehead atoms. The lowest BCUT2D eigenvalue weighted by Gasteiger charge is -2.46. The normalized spacial score (nSPS) is 18.7. The van der Waals surface area contributed by atoms with Crippen LogP contribution in [0.15, 0.2) is 97.1 Å². The smallest absolute Gasteiger partial charge is 0.332 e. The summed E-state index contributed by atoms with van der Waals surface area (Å²) in [6.07, 6.45) is -0.507. The molecule has 2 aliphatic heterocycles. The van der Waals surface area contributed by atoms with Gasteiger partial charge >= 0.3 is 6.03 Å². The number of nitrogens with zero attached hydrogens (tertiary/aromatic N) is 4. The lowest BCUT2D eigenvalue weighted by molar-refractivity contribution is -0.157. The van der Waals surface area contributed by atoms with Gasteiger partial charge in [0.15, 0.2) is 0 Å². The summed E-state index contributed by atoms with van der Waals surface area (Å²) in [6, 6.07) is 29.9. The van der Waals surface area contributed by atoms with Gasteiger partial charge in [0.25, 0.3) is 5.91 Å². The Morgan fingerprint density at radius 1 is 0.929 bits per heavy atom. The summed E-state index contributed by atoms with van der Waals surface area (Å²) >= 11 is 0. The van der Waals surface area contributed by atoms with Crippen LogP contribution in [0.1, 0.15) is 22.7 Å². The minimum atomic E-state index is -0.784. The maximum atomic E-state index is 14.1. The molecule has 214 valence electrons. The number of benzene rings is 4. The van der Waals surface area contributed by atoms with E-state index in [2.05, 4.69) is 23.5 Å². The average molecular weight is 564 g/mol. The van der Waals surface area contributed by atoms with Crippen LogP contribution in [0, 0.1) is 0 Å². The van der Waals surface area contributed by atoms with E-state index in [1.807, 2.05) is 83.8 Å². The average Bonchev–Trinajstić information content (AvgIpc) is 3.35. The number of urea groups is 1. The van der Waals surface area contributed by atoms with Crippen molar-refractivity contribution in [3.8, 4) is 5.75 Å². The maximum absolute atomic E-state index is 14.1. The van der Waals surface area contributed by atoms with Gasteiger partial charge in [0.2, 0.25) is 5.91 Å². The predicted molar refractivity (Wildman–Crippen MR) is 159 cm³/mol. The summed E-state index contributed by atoms with van der Waals surface area (Å²) < 4.78 is 5.21. The SMILES string of the molecule is COc1ccc(CNC(=O)N(C)N2CC(=O)N3[C@@H](c4ccccc4)C(=O)N(Cc4cccc5ccccc45)C[C@@H]32)cc1. The summed E-state index contributed by atoms with van der Waals surface area (Å²) in [5, 5.41) is 8.34. The molecule has 6 rings (SSSR count). The fourth-order valence-corrected chi connectivity index (χ4v) is 5.89. The van der Waals surface area contributed by atoms with Crippen LogP contribution in [0.25, 0.3) is 10.8 Å². The van der Waals surface area contributed by atoms with Crippen molar-refractivity contribution in [2.24, 2.45) is 0 Å². The Morgan fingerprint density at radius 3 is 2.40 bits per heavy atom. The molecule has 4 aromatic rings. The van der Waals surface area contributed by atoms with Gasteiger partial charge in [-0.25, -0.2) is 4.79 Å². The van der Waals surface area contributed by atoms with E-state index >= 15 is 0 Å². The molecule has 9 heteroatoms. The minimum absolute atomic E-state index is 0.00412. The first kappa shape index (κ1) is 27.3. The van der Waals surface area contributed by atoms with E-state index in [0.29, 0.717) is 13.1 Å². The molecule has 42 heavy (non-hydrogen) atoms. The van der Waals surface area contributed by atoms with Gasteiger partial charge in [0, 0.05) is 20.1 Å². The summed E-state index contributed by atoms with van der Waals surface area (Å²) in [5.41, 5.74) is 2.70. The van der Waals surface area contributed by atoms with Gasteiger partial charge in [-0.15, -0.1) is 0 Å². The molecule has 0 saturated carbocycles. The van der Waals surface area contributed by atoms with Crippen LogP contribution in [-0.4, -0.2) is 71.1 Å². The third-order valence-electron chi connectivity index (χ3n) is 8.10. The molecule has 0 aromatic heterocycles. The molecule has 2 heterocycles. The lowest BCUT2D eigenvalue weighted by atomic mass is 9.99. The Morgan fingerprint density at radius 2 is 1.64 bits per heavy atom. The van der Waals surface area contributed by atoms with Crippen LogP contribution in [0.5, 0.6) is 5.75 Å². The Kier molecular flexibility index (Phi) is 7.50. The fourth-order valence-electron chi connectivity index (χ4n) is 5.89. The number of amides is 4. The topological polar surface area (TPSA) is 85.4 Å². The van der Waals surface area contributed by atoms with E-state index in [-0.39, 0.29) is 30.9 Å². The fraction of sp³-hybridized carbons (Fsp3) is 0.242. The van der Waals surface area contributed by atoms with Gasteiger partial charge < -0.3 is 19.9 Å². The van der Waals surface area contributed by atoms with E-state index in [1.54, 1.807) is 24.1 Å². The molecule has 4 aromatic carbocycles. The van der Waals surface area contributed by atoms with Gasteiger partial charge in [-0.2, -0.15) is 5.01 Å². The molecule has 2 aliphatic rings. The van der Waals surface area contributed by atoms with E-state index in [4.69, 9.17) is 4.74 Å². The van der Waals surface area contributed by atoms with Crippen LogP contribution in [0.4, 0.5) is 4.79 Å². The second-order valence-electron chi connectivity index (χ2n) is 10.6. The zero-order valence-electron chi connectivity index (χ0n) is 23.6. The van der Waals surface area contributed by atoms with E-state index in [1.165, 1.54) is 5.01 Å². The zero-order valence-corrected chi connectivity index (χ0v) is 23.6. The van der Waals surface area contributed by atoms with E-state index in [9.17, 15) is 14.4 Å². The first-order valence-electron chi connectivity index (χ1n) is 14.0. The van der Waals surface area contributed by atoms with Crippen LogP contribution < -0.4 is 10.1 Å².